The molecule has 0 atom stereocenters. The van der Waals surface area contributed by atoms with Crippen LogP contribution in [0.1, 0.15) is 21.7 Å². The van der Waals surface area contributed by atoms with E-state index in [0.717, 1.165) is 12.1 Å². The molecule has 18 heavy (non-hydrogen) atoms. The SMILES string of the molecule is Cc1occc1C(=O)c1ccc(N(C)C=O)cc1. The molecule has 1 aromatic heterocycles. The number of furan rings is 1. The van der Waals surface area contributed by atoms with E-state index in [9.17, 15) is 9.59 Å². The molecular weight excluding hydrogens is 230 g/mol. The smallest absolute Gasteiger partial charge is 0.213 e. The van der Waals surface area contributed by atoms with Crippen LogP contribution >= 0.6 is 0 Å². The fourth-order valence-corrected chi connectivity index (χ4v) is 1.68. The van der Waals surface area contributed by atoms with Gasteiger partial charge in [0.2, 0.25) is 6.41 Å². The molecule has 0 N–H and O–H groups in total. The Morgan fingerprint density at radius 2 is 1.89 bits per heavy atom. The molecule has 2 rings (SSSR count). The van der Waals surface area contributed by atoms with E-state index in [2.05, 4.69) is 0 Å². The summed E-state index contributed by atoms with van der Waals surface area (Å²) in [4.78, 5) is 24.2. The lowest BCUT2D eigenvalue weighted by Crippen LogP contribution is -2.13. The van der Waals surface area contributed by atoms with Gasteiger partial charge in [-0.05, 0) is 37.3 Å². The van der Waals surface area contributed by atoms with Crippen molar-refractivity contribution in [3.05, 3.63) is 53.5 Å². The number of carbonyl (C=O) groups excluding carboxylic acids is 2. The number of rotatable bonds is 4. The number of amides is 1. The molecule has 0 aliphatic carbocycles. The van der Waals surface area contributed by atoms with Crippen molar-refractivity contribution < 1.29 is 14.0 Å². The first-order valence-corrected chi connectivity index (χ1v) is 5.50. The van der Waals surface area contributed by atoms with Gasteiger partial charge in [-0.2, -0.15) is 0 Å². The zero-order valence-electron chi connectivity index (χ0n) is 10.2. The van der Waals surface area contributed by atoms with Gasteiger partial charge in [0.1, 0.15) is 5.76 Å². The molecule has 1 amide bonds. The maximum atomic E-state index is 12.1. The Balaban J connectivity index is 2.28. The highest BCUT2D eigenvalue weighted by Gasteiger charge is 2.13. The van der Waals surface area contributed by atoms with Crippen molar-refractivity contribution >= 4 is 17.9 Å². The maximum absolute atomic E-state index is 12.1. The Morgan fingerprint density at radius 3 is 2.39 bits per heavy atom. The largest absolute Gasteiger partial charge is 0.469 e. The number of anilines is 1. The van der Waals surface area contributed by atoms with Gasteiger partial charge in [-0.25, -0.2) is 0 Å². The first-order chi connectivity index (χ1) is 8.63. The van der Waals surface area contributed by atoms with E-state index in [1.807, 2.05) is 0 Å². The second-order valence-corrected chi connectivity index (χ2v) is 3.98. The van der Waals surface area contributed by atoms with Gasteiger partial charge < -0.3 is 9.32 Å². The Hall–Kier alpha value is -2.36. The van der Waals surface area contributed by atoms with Crippen molar-refractivity contribution in [1.29, 1.82) is 0 Å². The third-order valence-electron chi connectivity index (χ3n) is 2.80. The summed E-state index contributed by atoms with van der Waals surface area (Å²) in [5, 5.41) is 0. The van der Waals surface area contributed by atoms with Gasteiger partial charge in [0.25, 0.3) is 0 Å². The second-order valence-electron chi connectivity index (χ2n) is 3.98. The van der Waals surface area contributed by atoms with Crippen LogP contribution in [0.4, 0.5) is 5.69 Å². The molecule has 0 aliphatic heterocycles. The predicted octanol–water partition coefficient (Wildman–Crippen LogP) is 2.41. The molecule has 0 unspecified atom stereocenters. The number of hydrogen-bond donors (Lipinski definition) is 0. The highest BCUT2D eigenvalue weighted by Crippen LogP contribution is 2.18. The molecule has 1 heterocycles. The highest BCUT2D eigenvalue weighted by molar-refractivity contribution is 6.09. The normalized spacial score (nSPS) is 10.1. The van der Waals surface area contributed by atoms with Crippen LogP contribution in [0.2, 0.25) is 0 Å². The molecule has 2 aromatic rings. The summed E-state index contributed by atoms with van der Waals surface area (Å²) in [5.74, 6) is 0.524. The molecule has 0 saturated heterocycles. The van der Waals surface area contributed by atoms with Crippen molar-refractivity contribution in [1.82, 2.24) is 0 Å². The van der Waals surface area contributed by atoms with Gasteiger partial charge in [0.15, 0.2) is 5.78 Å². The molecule has 0 aliphatic rings. The number of aryl methyl sites for hydroxylation is 1. The van der Waals surface area contributed by atoms with Crippen LogP contribution in [0.15, 0.2) is 41.0 Å². The Morgan fingerprint density at radius 1 is 1.22 bits per heavy atom. The van der Waals surface area contributed by atoms with Gasteiger partial charge in [-0.1, -0.05) is 0 Å². The summed E-state index contributed by atoms with van der Waals surface area (Å²) in [7, 11) is 1.66. The maximum Gasteiger partial charge on any atom is 0.213 e. The topological polar surface area (TPSA) is 50.5 Å². The van der Waals surface area contributed by atoms with Gasteiger partial charge in [-0.3, -0.25) is 9.59 Å². The van der Waals surface area contributed by atoms with Crippen LogP contribution in [0.5, 0.6) is 0 Å². The van der Waals surface area contributed by atoms with E-state index in [1.54, 1.807) is 44.3 Å². The summed E-state index contributed by atoms with van der Waals surface area (Å²) in [6, 6.07) is 8.52. The van der Waals surface area contributed by atoms with E-state index in [1.165, 1.54) is 11.2 Å². The Kier molecular flexibility index (Phi) is 3.28. The summed E-state index contributed by atoms with van der Waals surface area (Å²) in [5.41, 5.74) is 1.87. The second kappa shape index (κ2) is 4.87. The lowest BCUT2D eigenvalue weighted by atomic mass is 10.0. The fourth-order valence-electron chi connectivity index (χ4n) is 1.68. The monoisotopic (exact) mass is 243 g/mol. The minimum atomic E-state index is -0.0819. The van der Waals surface area contributed by atoms with Crippen LogP contribution in [0.3, 0.4) is 0 Å². The fraction of sp³-hybridized carbons (Fsp3) is 0.143. The molecular formula is C14H13NO3. The summed E-state index contributed by atoms with van der Waals surface area (Å²) < 4.78 is 5.11. The van der Waals surface area contributed by atoms with E-state index >= 15 is 0 Å². The third kappa shape index (κ3) is 2.18. The average Bonchev–Trinajstić information content (AvgIpc) is 2.83. The number of benzene rings is 1. The molecule has 0 fully saturated rings. The van der Waals surface area contributed by atoms with E-state index in [0.29, 0.717) is 16.9 Å². The van der Waals surface area contributed by atoms with E-state index < -0.39 is 0 Å². The van der Waals surface area contributed by atoms with E-state index in [-0.39, 0.29) is 5.78 Å². The molecule has 0 saturated carbocycles. The van der Waals surface area contributed by atoms with E-state index in [4.69, 9.17) is 4.42 Å². The van der Waals surface area contributed by atoms with Crippen molar-refractivity contribution in [2.75, 3.05) is 11.9 Å². The van der Waals surface area contributed by atoms with Gasteiger partial charge in [0, 0.05) is 18.3 Å². The number of carbonyl (C=O) groups is 2. The molecule has 0 radical (unpaired) electrons. The average molecular weight is 243 g/mol. The zero-order chi connectivity index (χ0) is 13.1. The minimum absolute atomic E-state index is 0.0819. The molecule has 0 bridgehead atoms. The third-order valence-corrected chi connectivity index (χ3v) is 2.80. The molecule has 4 nitrogen and oxygen atoms in total. The molecule has 4 heteroatoms. The van der Waals surface area contributed by atoms with Crippen molar-refractivity contribution in [2.24, 2.45) is 0 Å². The molecule has 92 valence electrons. The van der Waals surface area contributed by atoms with Crippen molar-refractivity contribution in [3.63, 3.8) is 0 Å². The standard InChI is InChI=1S/C14H13NO3/c1-10-13(7-8-18-10)14(17)11-3-5-12(6-4-11)15(2)9-16/h3-9H,1-2H3. The number of hydrogen-bond acceptors (Lipinski definition) is 3. The first-order valence-electron chi connectivity index (χ1n) is 5.50. The Bertz CT molecular complexity index is 569. The van der Waals surface area contributed by atoms with Crippen LogP contribution in [0.25, 0.3) is 0 Å². The summed E-state index contributed by atoms with van der Waals surface area (Å²) in [6.45, 7) is 1.75. The number of ketones is 1. The zero-order valence-corrected chi connectivity index (χ0v) is 10.2. The quantitative estimate of drug-likeness (QED) is 0.612. The molecule has 1 aromatic carbocycles. The Labute approximate surface area is 105 Å². The van der Waals surface area contributed by atoms with Gasteiger partial charge in [-0.15, -0.1) is 0 Å². The van der Waals surface area contributed by atoms with Crippen molar-refractivity contribution in [3.8, 4) is 0 Å². The van der Waals surface area contributed by atoms with Crippen LogP contribution < -0.4 is 4.90 Å². The van der Waals surface area contributed by atoms with Gasteiger partial charge in [0.05, 0.1) is 11.8 Å². The predicted molar refractivity (Wildman–Crippen MR) is 67.8 cm³/mol. The lowest BCUT2D eigenvalue weighted by molar-refractivity contribution is -0.107. The van der Waals surface area contributed by atoms with Crippen molar-refractivity contribution in [2.45, 2.75) is 6.92 Å². The highest BCUT2D eigenvalue weighted by atomic mass is 16.3. The minimum Gasteiger partial charge on any atom is -0.469 e. The number of nitrogens with zero attached hydrogens (tertiary/aromatic N) is 1. The van der Waals surface area contributed by atoms with Crippen LogP contribution in [-0.2, 0) is 4.79 Å². The van der Waals surface area contributed by atoms with Crippen LogP contribution in [0, 0.1) is 6.92 Å². The lowest BCUT2D eigenvalue weighted by Gasteiger charge is -2.10. The summed E-state index contributed by atoms with van der Waals surface area (Å²) >= 11 is 0. The van der Waals surface area contributed by atoms with Crippen LogP contribution in [-0.4, -0.2) is 19.2 Å². The first kappa shape index (κ1) is 12.1. The molecule has 0 spiro atoms. The van der Waals surface area contributed by atoms with Gasteiger partial charge >= 0.3 is 0 Å². The summed E-state index contributed by atoms with van der Waals surface area (Å²) in [6.07, 6.45) is 2.22.